The quantitative estimate of drug-likeness (QED) is 0.396. The third-order valence-corrected chi connectivity index (χ3v) is 6.82. The minimum Gasteiger partial charge on any atom is -0.495 e. The summed E-state index contributed by atoms with van der Waals surface area (Å²) in [5.74, 6) is -0.283. The number of nitrogens with one attached hydrogen (secondary N) is 1. The Labute approximate surface area is 180 Å². The molecule has 0 saturated carbocycles. The number of hydrogen-bond donors (Lipinski definition) is 1. The molecule has 0 aliphatic carbocycles. The number of hydrogen-bond acceptors (Lipinski definition) is 6. The maximum Gasteiger partial charge on any atom is 0.276 e. The fourth-order valence-corrected chi connectivity index (χ4v) is 4.88. The third kappa shape index (κ3) is 5.28. The molecule has 10 heteroatoms. The van der Waals surface area contributed by atoms with Crippen molar-refractivity contribution in [3.63, 3.8) is 0 Å². The third-order valence-electron chi connectivity index (χ3n) is 4.93. The zero-order chi connectivity index (χ0) is 22.4. The van der Waals surface area contributed by atoms with Gasteiger partial charge in [-0.3, -0.25) is 14.9 Å². The second-order valence-electron chi connectivity index (χ2n) is 6.97. The number of benzene rings is 2. The lowest BCUT2D eigenvalue weighted by Gasteiger charge is -2.26. The number of rotatable bonds is 7. The topological polar surface area (TPSA) is 119 Å². The van der Waals surface area contributed by atoms with Crippen LogP contribution < -0.4 is 10.1 Å². The molecule has 2 aromatic rings. The van der Waals surface area contributed by atoms with Crippen molar-refractivity contribution >= 4 is 33.4 Å². The van der Waals surface area contributed by atoms with E-state index in [1.807, 2.05) is 0 Å². The van der Waals surface area contributed by atoms with Gasteiger partial charge in [-0.1, -0.05) is 18.6 Å². The molecule has 1 fully saturated rings. The molecule has 0 atom stereocenters. The van der Waals surface area contributed by atoms with Crippen molar-refractivity contribution in [2.75, 3.05) is 25.5 Å². The second-order valence-corrected chi connectivity index (χ2v) is 8.90. The van der Waals surface area contributed by atoms with Crippen LogP contribution in [0, 0.1) is 10.1 Å². The number of amides is 1. The SMILES string of the molecule is COc1ccc(S(=O)(=O)N2CCCCC2)cc1NC(=O)/C=C/c1ccccc1[N+](=O)[O-]. The number of piperidine rings is 1. The van der Waals surface area contributed by atoms with Gasteiger partial charge in [-0.2, -0.15) is 4.31 Å². The van der Waals surface area contributed by atoms with Crippen molar-refractivity contribution in [1.82, 2.24) is 4.31 Å². The summed E-state index contributed by atoms with van der Waals surface area (Å²) in [7, 11) is -2.27. The summed E-state index contributed by atoms with van der Waals surface area (Å²) in [5.41, 5.74) is 0.340. The van der Waals surface area contributed by atoms with Crippen molar-refractivity contribution in [3.05, 3.63) is 64.2 Å². The number of ether oxygens (including phenoxy) is 1. The molecule has 164 valence electrons. The van der Waals surface area contributed by atoms with Crippen LogP contribution in [0.25, 0.3) is 6.08 Å². The molecular formula is C21H23N3O6S. The number of para-hydroxylation sites is 1. The van der Waals surface area contributed by atoms with Crippen LogP contribution in [0.3, 0.4) is 0 Å². The molecule has 1 N–H and O–H groups in total. The highest BCUT2D eigenvalue weighted by molar-refractivity contribution is 7.89. The zero-order valence-electron chi connectivity index (χ0n) is 17.0. The van der Waals surface area contributed by atoms with E-state index in [4.69, 9.17) is 4.74 Å². The highest BCUT2D eigenvalue weighted by atomic mass is 32.2. The molecule has 3 rings (SSSR count). The molecule has 1 amide bonds. The Balaban J connectivity index is 1.83. The monoisotopic (exact) mass is 445 g/mol. The van der Waals surface area contributed by atoms with Gasteiger partial charge in [0.05, 0.1) is 28.2 Å². The van der Waals surface area contributed by atoms with Crippen molar-refractivity contribution in [2.24, 2.45) is 0 Å². The molecular weight excluding hydrogens is 422 g/mol. The number of nitrogens with zero attached hydrogens (tertiary/aromatic N) is 2. The molecule has 31 heavy (non-hydrogen) atoms. The van der Waals surface area contributed by atoms with Crippen LogP contribution in [0.2, 0.25) is 0 Å². The lowest BCUT2D eigenvalue weighted by atomic mass is 10.1. The number of methoxy groups -OCH3 is 1. The summed E-state index contributed by atoms with van der Waals surface area (Å²) in [5, 5.41) is 13.7. The largest absolute Gasteiger partial charge is 0.495 e. The minimum atomic E-state index is -3.68. The minimum absolute atomic E-state index is 0.0631. The van der Waals surface area contributed by atoms with Gasteiger partial charge in [0, 0.05) is 25.2 Å². The van der Waals surface area contributed by atoms with Gasteiger partial charge in [0.1, 0.15) is 5.75 Å². The van der Waals surface area contributed by atoms with Crippen LogP contribution in [0.15, 0.2) is 53.4 Å². The van der Waals surface area contributed by atoms with E-state index in [2.05, 4.69) is 5.32 Å². The zero-order valence-corrected chi connectivity index (χ0v) is 17.8. The molecule has 1 aliphatic rings. The van der Waals surface area contributed by atoms with Crippen molar-refractivity contribution in [2.45, 2.75) is 24.2 Å². The lowest BCUT2D eigenvalue weighted by Crippen LogP contribution is -2.35. The molecule has 0 bridgehead atoms. The van der Waals surface area contributed by atoms with Crippen molar-refractivity contribution < 1.29 is 22.9 Å². The Bertz CT molecular complexity index is 1110. The first-order valence-electron chi connectivity index (χ1n) is 9.73. The van der Waals surface area contributed by atoms with E-state index in [-0.39, 0.29) is 21.8 Å². The fraction of sp³-hybridized carbons (Fsp3) is 0.286. The van der Waals surface area contributed by atoms with E-state index in [1.165, 1.54) is 53.9 Å². The van der Waals surface area contributed by atoms with Crippen LogP contribution >= 0.6 is 0 Å². The molecule has 1 aliphatic heterocycles. The maximum absolute atomic E-state index is 12.9. The van der Waals surface area contributed by atoms with Gasteiger partial charge < -0.3 is 10.1 Å². The summed E-state index contributed by atoms with van der Waals surface area (Å²) in [4.78, 5) is 23.0. The Kier molecular flexibility index (Phi) is 7.03. The summed E-state index contributed by atoms with van der Waals surface area (Å²) in [6.45, 7) is 0.934. The van der Waals surface area contributed by atoms with Crippen LogP contribution in [0.4, 0.5) is 11.4 Å². The Morgan fingerprint density at radius 2 is 1.87 bits per heavy atom. The van der Waals surface area contributed by atoms with Gasteiger partial charge in [0.2, 0.25) is 15.9 Å². The first-order chi connectivity index (χ1) is 14.8. The average molecular weight is 445 g/mol. The first-order valence-corrected chi connectivity index (χ1v) is 11.2. The summed E-state index contributed by atoms with van der Waals surface area (Å²) < 4.78 is 32.5. The predicted octanol–water partition coefficient (Wildman–Crippen LogP) is 3.43. The number of anilines is 1. The summed E-state index contributed by atoms with van der Waals surface area (Å²) >= 11 is 0. The van der Waals surface area contributed by atoms with E-state index < -0.39 is 20.9 Å². The maximum atomic E-state index is 12.9. The highest BCUT2D eigenvalue weighted by Gasteiger charge is 2.26. The molecule has 0 aromatic heterocycles. The molecule has 0 unspecified atom stereocenters. The van der Waals surface area contributed by atoms with E-state index in [9.17, 15) is 23.3 Å². The molecule has 9 nitrogen and oxygen atoms in total. The van der Waals surface area contributed by atoms with E-state index in [0.717, 1.165) is 25.3 Å². The van der Waals surface area contributed by atoms with Gasteiger partial charge >= 0.3 is 0 Å². The first kappa shape index (κ1) is 22.4. The van der Waals surface area contributed by atoms with Crippen molar-refractivity contribution in [1.29, 1.82) is 0 Å². The van der Waals surface area contributed by atoms with E-state index in [0.29, 0.717) is 18.8 Å². The van der Waals surface area contributed by atoms with Crippen LogP contribution in [-0.4, -0.2) is 43.8 Å². The normalized spacial score (nSPS) is 15.0. The summed E-state index contributed by atoms with van der Waals surface area (Å²) in [6.07, 6.45) is 5.11. The Hall–Kier alpha value is -3.24. The Morgan fingerprint density at radius 1 is 1.16 bits per heavy atom. The molecule has 0 spiro atoms. The molecule has 0 radical (unpaired) electrons. The van der Waals surface area contributed by atoms with E-state index in [1.54, 1.807) is 6.07 Å². The van der Waals surface area contributed by atoms with E-state index >= 15 is 0 Å². The van der Waals surface area contributed by atoms with Gasteiger partial charge in [-0.05, 0) is 43.2 Å². The van der Waals surface area contributed by atoms with Gasteiger partial charge in [-0.15, -0.1) is 0 Å². The number of nitro benzene ring substituents is 1. The second kappa shape index (κ2) is 9.71. The molecule has 1 heterocycles. The van der Waals surface area contributed by atoms with Gasteiger partial charge in [-0.25, -0.2) is 8.42 Å². The number of carbonyl (C=O) groups is 1. The van der Waals surface area contributed by atoms with Gasteiger partial charge in [0.25, 0.3) is 5.69 Å². The smallest absolute Gasteiger partial charge is 0.276 e. The standard InChI is InChI=1S/C21H23N3O6S/c1-30-20-11-10-17(31(28,29)23-13-5-2-6-14-23)15-18(20)22-21(25)12-9-16-7-3-4-8-19(16)24(26)27/h3-4,7-12,15H,2,5-6,13-14H2,1H3,(H,22,25)/b12-9+. The number of carbonyl (C=O) groups excluding carboxylic acids is 1. The van der Waals surface area contributed by atoms with Crippen LogP contribution in [0.5, 0.6) is 5.75 Å². The van der Waals surface area contributed by atoms with Crippen LogP contribution in [-0.2, 0) is 14.8 Å². The fourth-order valence-electron chi connectivity index (χ4n) is 3.33. The summed E-state index contributed by atoms with van der Waals surface area (Å²) in [6, 6.07) is 10.3. The molecule has 2 aromatic carbocycles. The molecule has 1 saturated heterocycles. The van der Waals surface area contributed by atoms with Gasteiger partial charge in [0.15, 0.2) is 0 Å². The Morgan fingerprint density at radius 3 is 2.55 bits per heavy atom. The van der Waals surface area contributed by atoms with Crippen molar-refractivity contribution in [3.8, 4) is 5.75 Å². The average Bonchev–Trinajstić information content (AvgIpc) is 2.78. The number of nitro groups is 1. The highest BCUT2D eigenvalue weighted by Crippen LogP contribution is 2.30. The number of sulfonamides is 1. The predicted molar refractivity (Wildman–Crippen MR) is 116 cm³/mol. The lowest BCUT2D eigenvalue weighted by molar-refractivity contribution is -0.385. The van der Waals surface area contributed by atoms with Crippen LogP contribution in [0.1, 0.15) is 24.8 Å².